The van der Waals surface area contributed by atoms with Gasteiger partial charge < -0.3 is 5.32 Å². The maximum Gasteiger partial charge on any atom is 0.301 e. The number of nitrogens with one attached hydrogen (secondary N) is 2. The smallest absolute Gasteiger partial charge is 0.301 e. The lowest BCUT2D eigenvalue weighted by Gasteiger charge is -2.15. The van der Waals surface area contributed by atoms with Crippen molar-refractivity contribution >= 4 is 21.6 Å². The van der Waals surface area contributed by atoms with Gasteiger partial charge in [-0.25, -0.2) is 0 Å². The lowest BCUT2D eigenvalue weighted by molar-refractivity contribution is 0.527. The van der Waals surface area contributed by atoms with Gasteiger partial charge in [-0.15, -0.1) is 0 Å². The van der Waals surface area contributed by atoms with Crippen LogP contribution in [0.2, 0.25) is 0 Å². The summed E-state index contributed by atoms with van der Waals surface area (Å²) in [5.74, 6) is 0. The lowest BCUT2D eigenvalue weighted by atomic mass is 10.2. The van der Waals surface area contributed by atoms with E-state index in [1.54, 1.807) is 12.1 Å². The van der Waals surface area contributed by atoms with Crippen LogP contribution in [0.1, 0.15) is 25.7 Å². The van der Waals surface area contributed by atoms with E-state index >= 15 is 0 Å². The van der Waals surface area contributed by atoms with Crippen LogP contribution in [0.15, 0.2) is 24.3 Å². The molecule has 1 saturated carbocycles. The largest absolute Gasteiger partial charge is 0.382 e. The summed E-state index contributed by atoms with van der Waals surface area (Å²) in [4.78, 5) is 0. The van der Waals surface area contributed by atoms with Crippen molar-refractivity contribution in [2.75, 3.05) is 24.1 Å². The first-order valence-corrected chi connectivity index (χ1v) is 7.98. The molecular weight excluding hydrogens is 262 g/mol. The molecule has 1 aliphatic carbocycles. The van der Waals surface area contributed by atoms with E-state index in [0.29, 0.717) is 11.7 Å². The van der Waals surface area contributed by atoms with Gasteiger partial charge in [0.1, 0.15) is 0 Å². The minimum Gasteiger partial charge on any atom is -0.382 e. The summed E-state index contributed by atoms with van der Waals surface area (Å²) in [6.07, 6.45) is 5.01. The Labute approximate surface area is 115 Å². The Morgan fingerprint density at radius 1 is 1.05 bits per heavy atom. The van der Waals surface area contributed by atoms with Gasteiger partial charge in [0.25, 0.3) is 0 Å². The molecule has 0 saturated heterocycles. The molecule has 1 aliphatic rings. The lowest BCUT2D eigenvalue weighted by Crippen LogP contribution is -2.28. The third kappa shape index (κ3) is 3.84. The molecule has 6 heteroatoms. The maximum absolute atomic E-state index is 11.7. The minimum atomic E-state index is -3.42. The average molecular weight is 283 g/mol. The van der Waals surface area contributed by atoms with Crippen molar-refractivity contribution in [1.82, 2.24) is 4.31 Å². The average Bonchev–Trinajstić information content (AvgIpc) is 2.84. The molecule has 0 atom stereocenters. The van der Waals surface area contributed by atoms with E-state index in [1.165, 1.54) is 39.8 Å². The molecule has 1 aromatic rings. The van der Waals surface area contributed by atoms with Gasteiger partial charge in [0, 0.05) is 31.5 Å². The van der Waals surface area contributed by atoms with Gasteiger partial charge in [0.15, 0.2) is 0 Å². The highest BCUT2D eigenvalue weighted by atomic mass is 32.2. The molecule has 106 valence electrons. The summed E-state index contributed by atoms with van der Waals surface area (Å²) in [6, 6.07) is 7.93. The van der Waals surface area contributed by atoms with Crippen molar-refractivity contribution in [1.29, 1.82) is 0 Å². The van der Waals surface area contributed by atoms with E-state index in [1.807, 2.05) is 12.1 Å². The van der Waals surface area contributed by atoms with E-state index < -0.39 is 10.2 Å². The Balaban J connectivity index is 1.98. The molecule has 0 aliphatic heterocycles. The Morgan fingerprint density at radius 3 is 2.11 bits per heavy atom. The third-order valence-electron chi connectivity index (χ3n) is 3.34. The van der Waals surface area contributed by atoms with Crippen LogP contribution < -0.4 is 10.0 Å². The van der Waals surface area contributed by atoms with Gasteiger partial charge >= 0.3 is 10.2 Å². The SMILES string of the molecule is CN(C)S(=O)(=O)Nc1ccc(NC2CCCC2)cc1. The van der Waals surface area contributed by atoms with Crippen LogP contribution in [0.4, 0.5) is 11.4 Å². The summed E-state index contributed by atoms with van der Waals surface area (Å²) < 4.78 is 27.0. The first kappa shape index (κ1) is 14.1. The molecule has 0 radical (unpaired) electrons. The molecular formula is C13H21N3O2S. The third-order valence-corrected chi connectivity index (χ3v) is 4.79. The van der Waals surface area contributed by atoms with Crippen LogP contribution in [0.3, 0.4) is 0 Å². The second-order valence-electron chi connectivity index (χ2n) is 5.09. The molecule has 0 bridgehead atoms. The molecule has 0 amide bonds. The van der Waals surface area contributed by atoms with Crippen molar-refractivity contribution in [3.63, 3.8) is 0 Å². The van der Waals surface area contributed by atoms with Crippen LogP contribution in [0.25, 0.3) is 0 Å². The highest BCUT2D eigenvalue weighted by Gasteiger charge is 2.15. The number of hydrogen-bond donors (Lipinski definition) is 2. The molecule has 1 aromatic carbocycles. The highest BCUT2D eigenvalue weighted by molar-refractivity contribution is 7.90. The van der Waals surface area contributed by atoms with E-state index in [-0.39, 0.29) is 0 Å². The second-order valence-corrected chi connectivity index (χ2v) is 6.98. The van der Waals surface area contributed by atoms with Gasteiger partial charge in [-0.2, -0.15) is 12.7 Å². The van der Waals surface area contributed by atoms with Crippen molar-refractivity contribution in [2.24, 2.45) is 0 Å². The molecule has 0 spiro atoms. The van der Waals surface area contributed by atoms with E-state index in [2.05, 4.69) is 10.0 Å². The fraction of sp³-hybridized carbons (Fsp3) is 0.538. The number of anilines is 2. The van der Waals surface area contributed by atoms with E-state index in [4.69, 9.17) is 0 Å². The zero-order valence-corrected chi connectivity index (χ0v) is 12.2. The molecule has 2 N–H and O–H groups in total. The van der Waals surface area contributed by atoms with Gasteiger partial charge in [-0.1, -0.05) is 12.8 Å². The highest BCUT2D eigenvalue weighted by Crippen LogP contribution is 2.23. The van der Waals surface area contributed by atoms with Crippen LogP contribution in [0.5, 0.6) is 0 Å². The van der Waals surface area contributed by atoms with Crippen molar-refractivity contribution in [2.45, 2.75) is 31.7 Å². The van der Waals surface area contributed by atoms with Gasteiger partial charge in [-0.3, -0.25) is 4.72 Å². The molecule has 0 unspecified atom stereocenters. The van der Waals surface area contributed by atoms with Crippen LogP contribution >= 0.6 is 0 Å². The molecule has 1 fully saturated rings. The molecule has 0 heterocycles. The fourth-order valence-electron chi connectivity index (χ4n) is 2.18. The predicted molar refractivity (Wildman–Crippen MR) is 78.6 cm³/mol. The summed E-state index contributed by atoms with van der Waals surface area (Å²) in [6.45, 7) is 0. The molecule has 2 rings (SSSR count). The van der Waals surface area contributed by atoms with Crippen LogP contribution in [-0.4, -0.2) is 32.9 Å². The Morgan fingerprint density at radius 2 is 1.58 bits per heavy atom. The molecule has 19 heavy (non-hydrogen) atoms. The Hall–Kier alpha value is -1.27. The molecule has 5 nitrogen and oxygen atoms in total. The number of nitrogens with zero attached hydrogens (tertiary/aromatic N) is 1. The van der Waals surface area contributed by atoms with Gasteiger partial charge in [-0.05, 0) is 37.1 Å². The Kier molecular flexibility index (Phi) is 4.31. The van der Waals surface area contributed by atoms with Crippen molar-refractivity contribution in [3.05, 3.63) is 24.3 Å². The summed E-state index contributed by atoms with van der Waals surface area (Å²) in [5, 5.41) is 3.47. The number of hydrogen-bond acceptors (Lipinski definition) is 3. The van der Waals surface area contributed by atoms with Crippen molar-refractivity contribution < 1.29 is 8.42 Å². The normalized spacial score (nSPS) is 16.8. The van der Waals surface area contributed by atoms with Gasteiger partial charge in [0.2, 0.25) is 0 Å². The monoisotopic (exact) mass is 283 g/mol. The quantitative estimate of drug-likeness (QED) is 0.871. The van der Waals surface area contributed by atoms with E-state index in [0.717, 1.165) is 9.99 Å². The zero-order chi connectivity index (χ0) is 13.9. The molecule has 0 aromatic heterocycles. The standard InChI is InChI=1S/C13H21N3O2S/c1-16(2)19(17,18)15-13-9-7-12(8-10-13)14-11-5-3-4-6-11/h7-11,14-15H,3-6H2,1-2H3. The summed E-state index contributed by atoms with van der Waals surface area (Å²) in [7, 11) is -0.427. The summed E-state index contributed by atoms with van der Waals surface area (Å²) in [5.41, 5.74) is 1.62. The minimum absolute atomic E-state index is 0.560. The number of benzene rings is 1. The Bertz CT molecular complexity index is 505. The fourth-order valence-corrected chi connectivity index (χ4v) is 2.80. The maximum atomic E-state index is 11.7. The first-order chi connectivity index (χ1) is 8.97. The van der Waals surface area contributed by atoms with Crippen LogP contribution in [-0.2, 0) is 10.2 Å². The zero-order valence-electron chi connectivity index (χ0n) is 11.4. The van der Waals surface area contributed by atoms with Crippen LogP contribution in [0, 0.1) is 0 Å². The van der Waals surface area contributed by atoms with E-state index in [9.17, 15) is 8.42 Å². The first-order valence-electron chi connectivity index (χ1n) is 6.54. The van der Waals surface area contributed by atoms with Gasteiger partial charge in [0.05, 0.1) is 0 Å². The number of rotatable bonds is 5. The summed E-state index contributed by atoms with van der Waals surface area (Å²) >= 11 is 0. The van der Waals surface area contributed by atoms with Crippen molar-refractivity contribution in [3.8, 4) is 0 Å². The second kappa shape index (κ2) is 5.79. The predicted octanol–water partition coefficient (Wildman–Crippen LogP) is 2.26. The topological polar surface area (TPSA) is 61.4 Å².